The van der Waals surface area contributed by atoms with Crippen molar-refractivity contribution >= 4 is 17.7 Å². The van der Waals surface area contributed by atoms with E-state index in [-0.39, 0.29) is 12.3 Å². The van der Waals surface area contributed by atoms with Crippen molar-refractivity contribution < 1.29 is 28.6 Å². The lowest BCUT2D eigenvalue weighted by Crippen LogP contribution is -2.28. The highest BCUT2D eigenvalue weighted by molar-refractivity contribution is 6.03. The van der Waals surface area contributed by atoms with Crippen LogP contribution in [-0.2, 0) is 14.3 Å². The predicted molar refractivity (Wildman–Crippen MR) is 108 cm³/mol. The average molecular weight is 401 g/mol. The number of esters is 2. The Kier molecular flexibility index (Phi) is 7.20. The Morgan fingerprint density at radius 1 is 1.03 bits per heavy atom. The third-order valence-electron chi connectivity index (χ3n) is 4.65. The van der Waals surface area contributed by atoms with Crippen LogP contribution in [0.3, 0.4) is 0 Å². The van der Waals surface area contributed by atoms with Gasteiger partial charge in [0.1, 0.15) is 5.75 Å². The van der Waals surface area contributed by atoms with E-state index in [2.05, 4.69) is 18.8 Å². The number of ether oxygens (including phenoxy) is 3. The number of aromatic amines is 1. The van der Waals surface area contributed by atoms with E-state index in [4.69, 9.17) is 14.2 Å². The van der Waals surface area contributed by atoms with E-state index >= 15 is 0 Å². The molecule has 0 bridgehead atoms. The zero-order chi connectivity index (χ0) is 21.7. The molecule has 1 atom stereocenters. The number of rotatable bonds is 8. The highest BCUT2D eigenvalue weighted by atomic mass is 16.6. The van der Waals surface area contributed by atoms with Crippen LogP contribution >= 0.6 is 0 Å². The van der Waals surface area contributed by atoms with Gasteiger partial charge in [0.15, 0.2) is 12.7 Å². The lowest BCUT2D eigenvalue weighted by molar-refractivity contribution is -0.148. The Bertz CT molecular complexity index is 895. The molecule has 0 saturated carbocycles. The standard InChI is InChI=1S/C22H27NO6/c1-12(2)16-7-9-17(10-8-16)28-11-18(24)29-15(5)21(25)20-13(3)19(14(4)23-20)22(26)27-6/h7-10,12,15,23H,11H2,1-6H3. The van der Waals surface area contributed by atoms with Crippen LogP contribution in [-0.4, -0.2) is 42.5 Å². The third-order valence-corrected chi connectivity index (χ3v) is 4.65. The van der Waals surface area contributed by atoms with E-state index in [1.54, 1.807) is 26.0 Å². The molecule has 0 aliphatic heterocycles. The van der Waals surface area contributed by atoms with E-state index in [1.807, 2.05) is 12.1 Å². The largest absolute Gasteiger partial charge is 0.482 e. The van der Waals surface area contributed by atoms with Crippen molar-refractivity contribution in [3.63, 3.8) is 0 Å². The van der Waals surface area contributed by atoms with E-state index < -0.39 is 23.8 Å². The SMILES string of the molecule is COC(=O)c1c(C)[nH]c(C(=O)C(C)OC(=O)COc2ccc(C(C)C)cc2)c1C. The summed E-state index contributed by atoms with van der Waals surface area (Å²) in [6, 6.07) is 7.45. The molecule has 0 amide bonds. The van der Waals surface area contributed by atoms with Crippen LogP contribution < -0.4 is 4.74 Å². The minimum Gasteiger partial charge on any atom is -0.482 e. The van der Waals surface area contributed by atoms with Gasteiger partial charge in [-0.05, 0) is 49.9 Å². The predicted octanol–water partition coefficient (Wildman–Crippen LogP) is 3.73. The Morgan fingerprint density at radius 3 is 2.21 bits per heavy atom. The number of aryl methyl sites for hydroxylation is 1. The summed E-state index contributed by atoms with van der Waals surface area (Å²) in [6.07, 6.45) is -1.03. The zero-order valence-electron chi connectivity index (χ0n) is 17.6. The molecule has 0 radical (unpaired) electrons. The van der Waals surface area contributed by atoms with Crippen molar-refractivity contribution in [3.8, 4) is 5.75 Å². The summed E-state index contributed by atoms with van der Waals surface area (Å²) in [7, 11) is 1.27. The quantitative estimate of drug-likeness (QED) is 0.535. The number of benzene rings is 1. The van der Waals surface area contributed by atoms with Crippen molar-refractivity contribution in [3.05, 3.63) is 52.3 Å². The van der Waals surface area contributed by atoms with Gasteiger partial charge in [-0.25, -0.2) is 9.59 Å². The van der Waals surface area contributed by atoms with Crippen LogP contribution in [0.1, 0.15) is 64.4 Å². The number of hydrogen-bond acceptors (Lipinski definition) is 6. The molecule has 1 aromatic heterocycles. The molecule has 1 heterocycles. The number of ketones is 1. The number of hydrogen-bond donors (Lipinski definition) is 1. The number of carbonyl (C=O) groups excluding carboxylic acids is 3. The summed E-state index contributed by atoms with van der Waals surface area (Å²) in [5, 5.41) is 0. The van der Waals surface area contributed by atoms with Crippen molar-refractivity contribution in [2.75, 3.05) is 13.7 Å². The molecule has 29 heavy (non-hydrogen) atoms. The molecule has 2 rings (SSSR count). The van der Waals surface area contributed by atoms with Gasteiger partial charge in [0.25, 0.3) is 0 Å². The molecule has 1 unspecified atom stereocenters. The highest BCUT2D eigenvalue weighted by Crippen LogP contribution is 2.21. The van der Waals surface area contributed by atoms with Crippen molar-refractivity contribution in [2.24, 2.45) is 0 Å². The van der Waals surface area contributed by atoms with Crippen LogP contribution in [0.25, 0.3) is 0 Å². The van der Waals surface area contributed by atoms with Crippen LogP contribution in [0.4, 0.5) is 0 Å². The molecule has 7 nitrogen and oxygen atoms in total. The lowest BCUT2D eigenvalue weighted by Gasteiger charge is -2.13. The Balaban J connectivity index is 1.97. The summed E-state index contributed by atoms with van der Waals surface area (Å²) >= 11 is 0. The van der Waals surface area contributed by atoms with Gasteiger partial charge in [0, 0.05) is 5.69 Å². The minimum absolute atomic E-state index is 0.216. The molecule has 0 fully saturated rings. The van der Waals surface area contributed by atoms with Crippen LogP contribution in [0.5, 0.6) is 5.75 Å². The normalized spacial score (nSPS) is 11.8. The van der Waals surface area contributed by atoms with Crippen LogP contribution in [0.15, 0.2) is 24.3 Å². The van der Waals surface area contributed by atoms with E-state index in [9.17, 15) is 14.4 Å². The zero-order valence-corrected chi connectivity index (χ0v) is 17.6. The minimum atomic E-state index is -1.03. The molecule has 0 aliphatic carbocycles. The second kappa shape index (κ2) is 9.41. The molecule has 1 aromatic carbocycles. The molecule has 0 aliphatic rings. The maximum atomic E-state index is 12.7. The lowest BCUT2D eigenvalue weighted by atomic mass is 10.0. The molecule has 2 aromatic rings. The fraction of sp³-hybridized carbons (Fsp3) is 0.409. The average Bonchev–Trinajstić information content (AvgIpc) is 2.99. The number of carbonyl (C=O) groups is 3. The molecule has 0 saturated heterocycles. The van der Waals surface area contributed by atoms with Gasteiger partial charge < -0.3 is 19.2 Å². The number of Topliss-reactive ketones (excluding diaryl/α,β-unsaturated/α-hetero) is 1. The van der Waals surface area contributed by atoms with Crippen molar-refractivity contribution in [1.82, 2.24) is 4.98 Å². The summed E-state index contributed by atoms with van der Waals surface area (Å²) in [5.74, 6) is -0.676. The summed E-state index contributed by atoms with van der Waals surface area (Å²) in [5.41, 5.74) is 2.67. The smallest absolute Gasteiger partial charge is 0.344 e. The number of methoxy groups -OCH3 is 1. The Morgan fingerprint density at radius 2 is 1.66 bits per heavy atom. The van der Waals surface area contributed by atoms with Gasteiger partial charge in [-0.15, -0.1) is 0 Å². The first-order chi connectivity index (χ1) is 13.6. The van der Waals surface area contributed by atoms with Crippen LogP contribution in [0, 0.1) is 13.8 Å². The summed E-state index contributed by atoms with van der Waals surface area (Å²) < 4.78 is 15.4. The first kappa shape index (κ1) is 22.2. The topological polar surface area (TPSA) is 94.7 Å². The molecular weight excluding hydrogens is 374 g/mol. The second-order valence-corrected chi connectivity index (χ2v) is 7.13. The maximum Gasteiger partial charge on any atom is 0.344 e. The van der Waals surface area contributed by atoms with Crippen molar-refractivity contribution in [2.45, 2.75) is 46.6 Å². The third kappa shape index (κ3) is 5.25. The number of aromatic nitrogens is 1. The number of H-pyrrole nitrogens is 1. The summed E-state index contributed by atoms with van der Waals surface area (Å²) in [6.45, 7) is 8.66. The molecular formula is C22H27NO6. The van der Waals surface area contributed by atoms with E-state index in [0.717, 1.165) is 0 Å². The summed E-state index contributed by atoms with van der Waals surface area (Å²) in [4.78, 5) is 39.5. The van der Waals surface area contributed by atoms with E-state index in [0.29, 0.717) is 28.5 Å². The fourth-order valence-corrected chi connectivity index (χ4v) is 2.98. The molecule has 0 spiro atoms. The monoisotopic (exact) mass is 401 g/mol. The second-order valence-electron chi connectivity index (χ2n) is 7.13. The van der Waals surface area contributed by atoms with Gasteiger partial charge in [-0.1, -0.05) is 26.0 Å². The van der Waals surface area contributed by atoms with Crippen molar-refractivity contribution in [1.29, 1.82) is 0 Å². The van der Waals surface area contributed by atoms with Gasteiger partial charge in [-0.3, -0.25) is 4.79 Å². The maximum absolute atomic E-state index is 12.7. The molecule has 1 N–H and O–H groups in total. The first-order valence-electron chi connectivity index (χ1n) is 9.39. The number of nitrogens with one attached hydrogen (secondary N) is 1. The van der Waals surface area contributed by atoms with Crippen LogP contribution in [0.2, 0.25) is 0 Å². The Labute approximate surface area is 170 Å². The van der Waals surface area contributed by atoms with Gasteiger partial charge in [-0.2, -0.15) is 0 Å². The van der Waals surface area contributed by atoms with Gasteiger partial charge in [0.05, 0.1) is 18.4 Å². The van der Waals surface area contributed by atoms with Gasteiger partial charge >= 0.3 is 11.9 Å². The molecule has 7 heteroatoms. The van der Waals surface area contributed by atoms with E-state index in [1.165, 1.54) is 19.6 Å². The first-order valence-corrected chi connectivity index (χ1v) is 9.39. The molecule has 156 valence electrons. The Hall–Kier alpha value is -3.09. The van der Waals surface area contributed by atoms with Gasteiger partial charge in [0.2, 0.25) is 5.78 Å². The fourth-order valence-electron chi connectivity index (χ4n) is 2.98. The highest BCUT2D eigenvalue weighted by Gasteiger charge is 2.27.